The number of piperazine rings is 1. The van der Waals surface area contributed by atoms with Crippen LogP contribution in [0.4, 0.5) is 0 Å². The number of phenols is 1. The zero-order chi connectivity index (χ0) is 39.7. The fourth-order valence-electron chi connectivity index (χ4n) is 10.8. The fourth-order valence-corrected chi connectivity index (χ4v) is 12.5. The number of ketones is 1. The number of aromatic nitrogens is 1. The van der Waals surface area contributed by atoms with Gasteiger partial charge in [0, 0.05) is 64.1 Å². The number of aliphatic hydroxyl groups is 1. The number of nitrogens with zero attached hydrogens (tertiary/aromatic N) is 2. The van der Waals surface area contributed by atoms with Crippen LogP contribution in [-0.4, -0.2) is 109 Å². The van der Waals surface area contributed by atoms with E-state index in [9.17, 15) is 19.8 Å². The molecule has 57 heavy (non-hydrogen) atoms. The number of likely N-dealkylation sites (N-methyl/N-ethyl adjacent to an activating group) is 1. The number of methoxy groups -OCH3 is 2. The second kappa shape index (κ2) is 13.3. The summed E-state index contributed by atoms with van der Waals surface area (Å²) >= 11 is 1.56. The summed E-state index contributed by atoms with van der Waals surface area (Å²) in [6.07, 6.45) is 0.182. The van der Waals surface area contributed by atoms with Gasteiger partial charge in [0.1, 0.15) is 29.9 Å². The quantitative estimate of drug-likeness (QED) is 0.172. The van der Waals surface area contributed by atoms with Crippen molar-refractivity contribution < 1.29 is 48.2 Å². The molecule has 15 heteroatoms. The van der Waals surface area contributed by atoms with Gasteiger partial charge in [-0.3, -0.25) is 24.7 Å². The Kier molecular flexibility index (Phi) is 8.56. The van der Waals surface area contributed by atoms with E-state index in [1.54, 1.807) is 26.0 Å². The average Bonchev–Trinajstić information content (AvgIpc) is 3.83. The molecule has 4 aromatic rings. The van der Waals surface area contributed by atoms with E-state index in [0.717, 1.165) is 50.2 Å². The van der Waals surface area contributed by atoms with Crippen molar-refractivity contribution in [2.24, 2.45) is 0 Å². The molecule has 1 saturated heterocycles. The van der Waals surface area contributed by atoms with Gasteiger partial charge >= 0.3 is 5.97 Å². The molecule has 7 atom stereocenters. The highest BCUT2D eigenvalue weighted by Gasteiger charge is 2.61. The van der Waals surface area contributed by atoms with Gasteiger partial charge in [0.05, 0.1) is 44.2 Å². The number of aryl methyl sites for hydroxylation is 1. The van der Waals surface area contributed by atoms with Crippen molar-refractivity contribution >= 4 is 34.4 Å². The van der Waals surface area contributed by atoms with Gasteiger partial charge < -0.3 is 43.6 Å². The first-order valence-electron chi connectivity index (χ1n) is 19.4. The molecule has 10 rings (SSSR count). The molecular formula is C42H46N4O10S. The SMILES string of the molecule is COc1ccc2[nH]c3c(c2c1)CCN[C@]31CS[C@@H]2c3c(OC(C)=O)c(C)c4c(c3[C@@H](COCC1=O)N1C2[C@H]2c3c(cc(C)c(OC)c3O)C[C@@H]([C@@H]1O)N2C)OCO4. The number of esters is 1. The minimum Gasteiger partial charge on any atom is -0.504 e. The Morgan fingerprint density at radius 1 is 1.07 bits per heavy atom. The number of carbonyl (C=O) groups is 2. The number of hydrogen-bond acceptors (Lipinski definition) is 14. The van der Waals surface area contributed by atoms with Crippen LogP contribution in [0, 0.1) is 13.8 Å². The molecule has 0 saturated carbocycles. The van der Waals surface area contributed by atoms with Crippen LogP contribution in [0.5, 0.6) is 34.5 Å². The number of fused-ring (bicyclic) bond motifs is 13. The number of rotatable bonds is 3. The number of Topliss-reactive ketones (excluding diaryl/α,β-unsaturated/α-hetero) is 1. The average molecular weight is 799 g/mol. The molecular weight excluding hydrogens is 753 g/mol. The minimum absolute atomic E-state index is 0.00804. The lowest BCUT2D eigenvalue weighted by atomic mass is 9.73. The number of hydrogen-bond donors (Lipinski definition) is 4. The van der Waals surface area contributed by atoms with Crippen molar-refractivity contribution in [3.63, 3.8) is 0 Å². The second-order valence-electron chi connectivity index (χ2n) is 16.0. The van der Waals surface area contributed by atoms with Crippen molar-refractivity contribution in [1.82, 2.24) is 20.1 Å². The third-order valence-corrected chi connectivity index (χ3v) is 14.7. The predicted octanol–water partition coefficient (Wildman–Crippen LogP) is 4.23. The summed E-state index contributed by atoms with van der Waals surface area (Å²) in [6, 6.07) is 5.92. The van der Waals surface area contributed by atoms with Crippen molar-refractivity contribution in [2.45, 2.75) is 74.8 Å². The first kappa shape index (κ1) is 36.8. The van der Waals surface area contributed by atoms with Gasteiger partial charge in [-0.2, -0.15) is 0 Å². The lowest BCUT2D eigenvalue weighted by molar-refractivity contribution is -0.181. The maximum atomic E-state index is 14.9. The standard InChI is InChI=1S/C42H46N4O10S/c1-18-11-21-12-26-41(50)46-27-14-53-15-28(48)42(40-23(9-10-43-42)24-13-22(51-5)7-8-25(24)44-40)16-57-39(33(46)32(45(26)4)29(21)34(49)35(18)52-6)31-30(27)38-37(54-17-55-38)19(2)36(31)56-20(3)47/h7-8,11,13,26-27,32-33,39,41,43-44,49-50H,9-10,12,14-17H2,1-6H3/t26-,27+,32+,33?,39+,41-,42-/m0/s1. The van der Waals surface area contributed by atoms with E-state index in [1.165, 1.54) is 6.92 Å². The molecule has 1 fully saturated rings. The molecule has 7 heterocycles. The van der Waals surface area contributed by atoms with Crippen LogP contribution in [0.15, 0.2) is 24.3 Å². The number of carbonyl (C=O) groups excluding carboxylic acids is 2. The van der Waals surface area contributed by atoms with Crippen LogP contribution in [0.2, 0.25) is 0 Å². The third-order valence-electron chi connectivity index (χ3n) is 13.2. The summed E-state index contributed by atoms with van der Waals surface area (Å²) in [5, 5.41) is 28.9. The Morgan fingerprint density at radius 3 is 2.65 bits per heavy atom. The Hall–Kier alpha value is -4.51. The van der Waals surface area contributed by atoms with E-state index in [1.807, 2.05) is 39.1 Å². The van der Waals surface area contributed by atoms with Crippen molar-refractivity contribution in [1.29, 1.82) is 0 Å². The van der Waals surface area contributed by atoms with Crippen LogP contribution >= 0.6 is 11.8 Å². The van der Waals surface area contributed by atoms with Gasteiger partial charge in [0.25, 0.3) is 0 Å². The molecule has 0 aliphatic carbocycles. The van der Waals surface area contributed by atoms with Crippen LogP contribution in [0.3, 0.4) is 0 Å². The van der Waals surface area contributed by atoms with Crippen LogP contribution in [0.1, 0.15) is 68.9 Å². The summed E-state index contributed by atoms with van der Waals surface area (Å²) < 4.78 is 36.4. The first-order chi connectivity index (χ1) is 27.5. The molecule has 300 valence electrons. The highest BCUT2D eigenvalue weighted by molar-refractivity contribution is 7.99. The van der Waals surface area contributed by atoms with Crippen LogP contribution < -0.4 is 29.0 Å². The molecule has 6 aliphatic rings. The zero-order valence-corrected chi connectivity index (χ0v) is 33.5. The highest BCUT2D eigenvalue weighted by atomic mass is 32.2. The summed E-state index contributed by atoms with van der Waals surface area (Å²) in [6.45, 7) is 5.46. The lowest BCUT2D eigenvalue weighted by Crippen LogP contribution is -2.69. The summed E-state index contributed by atoms with van der Waals surface area (Å²) in [5.74, 6) is 2.16. The molecule has 0 amide bonds. The van der Waals surface area contributed by atoms with Crippen molar-refractivity contribution in [3.8, 4) is 34.5 Å². The van der Waals surface area contributed by atoms with E-state index < -0.39 is 41.1 Å². The number of aliphatic hydroxyl groups excluding tert-OH is 1. The molecule has 1 aromatic heterocycles. The van der Waals surface area contributed by atoms with E-state index in [-0.39, 0.29) is 43.3 Å². The minimum atomic E-state index is -1.19. The number of aromatic amines is 1. The monoisotopic (exact) mass is 798 g/mol. The molecule has 4 N–H and O–H groups in total. The Bertz CT molecular complexity index is 2380. The van der Waals surface area contributed by atoms with Gasteiger partial charge in [-0.1, -0.05) is 6.07 Å². The number of H-pyrrole nitrogens is 1. The largest absolute Gasteiger partial charge is 0.504 e. The van der Waals surface area contributed by atoms with Crippen molar-refractivity contribution in [3.05, 3.63) is 68.9 Å². The first-order valence-corrected chi connectivity index (χ1v) is 20.4. The Morgan fingerprint density at radius 2 is 1.88 bits per heavy atom. The van der Waals surface area contributed by atoms with Gasteiger partial charge in [-0.25, -0.2) is 0 Å². The van der Waals surface area contributed by atoms with Gasteiger partial charge in [0.2, 0.25) is 6.79 Å². The van der Waals surface area contributed by atoms with E-state index in [2.05, 4.69) is 26.2 Å². The number of thioether (sulfide) groups is 1. The van der Waals surface area contributed by atoms with Crippen molar-refractivity contribution in [2.75, 3.05) is 53.6 Å². The van der Waals surface area contributed by atoms with Gasteiger partial charge in [-0.05, 0) is 68.6 Å². The molecule has 1 unspecified atom stereocenters. The number of aromatic hydroxyl groups is 1. The molecule has 0 radical (unpaired) electrons. The Balaban J connectivity index is 1.24. The van der Waals surface area contributed by atoms with Gasteiger partial charge in [-0.15, -0.1) is 11.8 Å². The van der Waals surface area contributed by atoms with E-state index in [4.69, 9.17) is 28.4 Å². The zero-order valence-electron chi connectivity index (χ0n) is 32.7. The molecule has 14 nitrogen and oxygen atoms in total. The smallest absolute Gasteiger partial charge is 0.308 e. The summed E-state index contributed by atoms with van der Waals surface area (Å²) in [5.41, 5.74) is 6.03. The lowest BCUT2D eigenvalue weighted by Gasteiger charge is -2.61. The van der Waals surface area contributed by atoms with Crippen LogP contribution in [-0.2, 0) is 32.7 Å². The third kappa shape index (κ3) is 5.08. The maximum absolute atomic E-state index is 14.9. The van der Waals surface area contributed by atoms with Crippen LogP contribution in [0.25, 0.3) is 10.9 Å². The number of ether oxygens (including phenoxy) is 6. The highest BCUT2D eigenvalue weighted by Crippen LogP contribution is 2.64. The topological polar surface area (TPSA) is 164 Å². The number of phenolic OH excluding ortho intramolecular Hbond substituents is 1. The molecule has 3 aromatic carbocycles. The summed E-state index contributed by atoms with van der Waals surface area (Å²) in [4.78, 5) is 35.8. The molecule has 1 spiro atoms. The summed E-state index contributed by atoms with van der Waals surface area (Å²) in [7, 11) is 5.18. The van der Waals surface area contributed by atoms with Gasteiger partial charge in [0.15, 0.2) is 28.8 Å². The number of benzene rings is 3. The molecule has 4 bridgehead atoms. The second-order valence-corrected chi connectivity index (χ2v) is 17.1. The number of nitrogens with one attached hydrogen (secondary N) is 2. The predicted molar refractivity (Wildman–Crippen MR) is 210 cm³/mol. The fraction of sp³-hybridized carbons (Fsp3) is 0.476. The van der Waals surface area contributed by atoms with E-state index >= 15 is 0 Å². The molecule has 6 aliphatic heterocycles. The normalized spacial score (nSPS) is 29.0. The Labute approximate surface area is 333 Å². The maximum Gasteiger partial charge on any atom is 0.308 e. The van der Waals surface area contributed by atoms with E-state index in [0.29, 0.717) is 53.5 Å².